The molecule has 1 heterocycles. The second-order valence-electron chi connectivity index (χ2n) is 4.17. The molecule has 0 aliphatic rings. The Balaban J connectivity index is 2.68. The molecule has 21 heavy (non-hydrogen) atoms. The second-order valence-corrected chi connectivity index (χ2v) is 5.09. The molecule has 9 heteroatoms. The number of nitrogens with two attached hydrogens (primary N) is 1. The lowest BCUT2D eigenvalue weighted by molar-refractivity contribution is -0.122. The Hall–Kier alpha value is -1.71. The number of anilines is 1. The predicted octanol–water partition coefficient (Wildman–Crippen LogP) is 0.0106. The molecule has 0 fully saturated rings. The number of hydrogen-bond acceptors (Lipinski definition) is 6. The Bertz CT molecular complexity index is 512. The molecule has 0 aliphatic carbocycles. The third kappa shape index (κ3) is 5.29. The van der Waals surface area contributed by atoms with Crippen LogP contribution < -0.4 is 21.9 Å². The van der Waals surface area contributed by atoms with Gasteiger partial charge in [-0.3, -0.25) is 9.59 Å². The van der Waals surface area contributed by atoms with Gasteiger partial charge in [-0.25, -0.2) is 10.8 Å². The van der Waals surface area contributed by atoms with Crippen molar-refractivity contribution in [3.8, 4) is 0 Å². The summed E-state index contributed by atoms with van der Waals surface area (Å²) >= 11 is 3.23. The van der Waals surface area contributed by atoms with Crippen LogP contribution in [-0.4, -0.2) is 43.1 Å². The maximum absolute atomic E-state index is 12.1. The maximum Gasteiger partial charge on any atom is 0.255 e. The average Bonchev–Trinajstić information content (AvgIpc) is 2.47. The Morgan fingerprint density at radius 2 is 2.24 bits per heavy atom. The zero-order valence-corrected chi connectivity index (χ0v) is 13.4. The van der Waals surface area contributed by atoms with Crippen molar-refractivity contribution in [2.24, 2.45) is 5.84 Å². The summed E-state index contributed by atoms with van der Waals surface area (Å²) in [5.41, 5.74) is 2.58. The van der Waals surface area contributed by atoms with E-state index in [1.54, 1.807) is 20.1 Å². The molecule has 0 aliphatic heterocycles. The van der Waals surface area contributed by atoms with E-state index in [2.05, 4.69) is 37.0 Å². The Morgan fingerprint density at radius 1 is 1.52 bits per heavy atom. The van der Waals surface area contributed by atoms with Crippen molar-refractivity contribution >= 4 is 33.6 Å². The van der Waals surface area contributed by atoms with Gasteiger partial charge in [0.2, 0.25) is 5.91 Å². The molecule has 1 rings (SSSR count). The molecule has 1 atom stereocenters. The van der Waals surface area contributed by atoms with Gasteiger partial charge in [0.1, 0.15) is 6.04 Å². The van der Waals surface area contributed by atoms with Gasteiger partial charge < -0.3 is 20.8 Å². The Morgan fingerprint density at radius 3 is 2.86 bits per heavy atom. The Labute approximate surface area is 130 Å². The topological polar surface area (TPSA) is 118 Å². The van der Waals surface area contributed by atoms with E-state index in [9.17, 15) is 9.59 Å². The number of amides is 2. The highest BCUT2D eigenvalue weighted by atomic mass is 79.9. The van der Waals surface area contributed by atoms with Gasteiger partial charge in [-0.1, -0.05) is 0 Å². The van der Waals surface area contributed by atoms with Crippen molar-refractivity contribution in [1.82, 2.24) is 15.6 Å². The van der Waals surface area contributed by atoms with Gasteiger partial charge in [-0.15, -0.1) is 0 Å². The molecular weight excluding hydrogens is 342 g/mol. The van der Waals surface area contributed by atoms with Gasteiger partial charge in [0.05, 0.1) is 12.2 Å². The fraction of sp³-hybridized carbons (Fsp3) is 0.417. The molecule has 0 spiro atoms. The summed E-state index contributed by atoms with van der Waals surface area (Å²) in [4.78, 5) is 27.9. The minimum atomic E-state index is -0.695. The molecule has 0 aromatic carbocycles. The summed E-state index contributed by atoms with van der Waals surface area (Å²) in [6, 6.07) is 0.867. The first-order chi connectivity index (χ1) is 9.99. The lowest BCUT2D eigenvalue weighted by Crippen LogP contribution is -2.45. The van der Waals surface area contributed by atoms with E-state index in [1.807, 2.05) is 0 Å². The number of halogens is 1. The first-order valence-electron chi connectivity index (χ1n) is 6.19. The van der Waals surface area contributed by atoms with Crippen molar-refractivity contribution < 1.29 is 14.3 Å². The smallest absolute Gasteiger partial charge is 0.255 e. The van der Waals surface area contributed by atoms with E-state index in [-0.39, 0.29) is 17.3 Å². The number of methoxy groups -OCH3 is 1. The SMILES string of the molecule is COCCNC(=O)C(C)NC(=O)c1cc(Br)cnc1NN. The largest absolute Gasteiger partial charge is 0.383 e. The fourth-order valence-corrected chi connectivity index (χ4v) is 1.83. The molecule has 116 valence electrons. The van der Waals surface area contributed by atoms with Gasteiger partial charge in [0.25, 0.3) is 5.91 Å². The molecule has 0 bridgehead atoms. The molecule has 8 nitrogen and oxygen atoms in total. The van der Waals surface area contributed by atoms with Crippen LogP contribution in [0.5, 0.6) is 0 Å². The monoisotopic (exact) mass is 359 g/mol. The Kier molecular flexibility index (Phi) is 7.06. The second kappa shape index (κ2) is 8.55. The molecule has 1 aromatic heterocycles. The van der Waals surface area contributed by atoms with E-state index in [0.717, 1.165) is 0 Å². The number of nitrogen functional groups attached to an aromatic ring is 1. The molecule has 1 unspecified atom stereocenters. The summed E-state index contributed by atoms with van der Waals surface area (Å²) in [7, 11) is 1.54. The highest BCUT2D eigenvalue weighted by Crippen LogP contribution is 2.17. The fourth-order valence-electron chi connectivity index (χ4n) is 1.50. The van der Waals surface area contributed by atoms with E-state index in [4.69, 9.17) is 10.6 Å². The number of hydrogen-bond donors (Lipinski definition) is 4. The third-order valence-electron chi connectivity index (χ3n) is 2.58. The highest BCUT2D eigenvalue weighted by molar-refractivity contribution is 9.10. The third-order valence-corrected chi connectivity index (χ3v) is 3.02. The van der Waals surface area contributed by atoms with E-state index in [0.29, 0.717) is 17.6 Å². The van der Waals surface area contributed by atoms with Gasteiger partial charge >= 0.3 is 0 Å². The van der Waals surface area contributed by atoms with Crippen LogP contribution in [0.3, 0.4) is 0 Å². The minimum Gasteiger partial charge on any atom is -0.383 e. The summed E-state index contributed by atoms with van der Waals surface area (Å²) in [5, 5.41) is 5.21. The molecule has 2 amide bonds. The number of carbonyl (C=O) groups is 2. The van der Waals surface area contributed by atoms with Gasteiger partial charge in [0, 0.05) is 24.3 Å². The quantitative estimate of drug-likeness (QED) is 0.309. The number of ether oxygens (including phenoxy) is 1. The zero-order valence-electron chi connectivity index (χ0n) is 11.8. The number of hydrazine groups is 1. The number of nitrogens with one attached hydrogen (secondary N) is 3. The van der Waals surface area contributed by atoms with Gasteiger partial charge in [0.15, 0.2) is 5.82 Å². The van der Waals surface area contributed by atoms with Crippen LogP contribution in [0.1, 0.15) is 17.3 Å². The van der Waals surface area contributed by atoms with Crippen molar-refractivity contribution in [3.05, 3.63) is 22.3 Å². The van der Waals surface area contributed by atoms with Crippen molar-refractivity contribution in [2.75, 3.05) is 25.7 Å². The summed E-state index contributed by atoms with van der Waals surface area (Å²) in [5.74, 6) is 4.78. The number of rotatable bonds is 7. The van der Waals surface area contributed by atoms with Crippen LogP contribution in [0.2, 0.25) is 0 Å². The number of pyridine rings is 1. The molecule has 0 radical (unpaired) electrons. The normalized spacial score (nSPS) is 11.6. The molecular formula is C12H18BrN5O3. The highest BCUT2D eigenvalue weighted by Gasteiger charge is 2.19. The number of nitrogens with zero attached hydrogens (tertiary/aromatic N) is 1. The van der Waals surface area contributed by atoms with E-state index >= 15 is 0 Å². The lowest BCUT2D eigenvalue weighted by Gasteiger charge is -2.15. The molecule has 1 aromatic rings. The van der Waals surface area contributed by atoms with Crippen LogP contribution in [0, 0.1) is 0 Å². The zero-order chi connectivity index (χ0) is 15.8. The van der Waals surface area contributed by atoms with Gasteiger partial charge in [-0.05, 0) is 28.9 Å². The van der Waals surface area contributed by atoms with Crippen LogP contribution >= 0.6 is 15.9 Å². The maximum atomic E-state index is 12.1. The first-order valence-corrected chi connectivity index (χ1v) is 6.98. The van der Waals surface area contributed by atoms with Crippen LogP contribution in [0.15, 0.2) is 16.7 Å². The summed E-state index contributed by atoms with van der Waals surface area (Å²) < 4.78 is 5.46. The molecule has 0 saturated heterocycles. The van der Waals surface area contributed by atoms with Gasteiger partial charge in [-0.2, -0.15) is 0 Å². The van der Waals surface area contributed by atoms with Crippen molar-refractivity contribution in [1.29, 1.82) is 0 Å². The number of carbonyl (C=O) groups excluding carboxylic acids is 2. The van der Waals surface area contributed by atoms with Crippen LogP contribution in [0.25, 0.3) is 0 Å². The van der Waals surface area contributed by atoms with Crippen molar-refractivity contribution in [3.63, 3.8) is 0 Å². The summed E-state index contributed by atoms with van der Waals surface area (Å²) in [6.45, 7) is 2.37. The molecule has 5 N–H and O–H groups in total. The predicted molar refractivity (Wildman–Crippen MR) is 81.6 cm³/mol. The molecule has 0 saturated carbocycles. The summed E-state index contributed by atoms with van der Waals surface area (Å²) in [6.07, 6.45) is 1.51. The average molecular weight is 360 g/mol. The number of aromatic nitrogens is 1. The minimum absolute atomic E-state index is 0.225. The standard InChI is InChI=1S/C12H18BrN5O3/c1-7(11(19)15-3-4-21-2)17-12(20)9-5-8(13)6-16-10(9)18-14/h5-7H,3-4,14H2,1-2H3,(H,15,19)(H,16,18)(H,17,20). The van der Waals surface area contributed by atoms with E-state index in [1.165, 1.54) is 6.20 Å². The van der Waals surface area contributed by atoms with Crippen molar-refractivity contribution in [2.45, 2.75) is 13.0 Å². The van der Waals surface area contributed by atoms with Crippen LogP contribution in [0.4, 0.5) is 5.82 Å². The lowest BCUT2D eigenvalue weighted by atomic mass is 10.2. The van der Waals surface area contributed by atoms with E-state index < -0.39 is 11.9 Å². The van der Waals surface area contributed by atoms with Crippen LogP contribution in [-0.2, 0) is 9.53 Å². The first kappa shape index (κ1) is 17.3.